The molecule has 0 radical (unpaired) electrons. The molecule has 3 heterocycles. The Labute approximate surface area is 225 Å². The van der Waals surface area contributed by atoms with Gasteiger partial charge in [-0.2, -0.15) is 5.26 Å². The third-order valence-corrected chi connectivity index (χ3v) is 7.23. The van der Waals surface area contributed by atoms with Gasteiger partial charge >= 0.3 is 5.97 Å². The Morgan fingerprint density at radius 3 is 2.46 bits per heavy atom. The number of rotatable bonds is 6. The number of Topliss-reactive ketones (excluding diaryl/α,β-unsaturated/α-hetero) is 1. The second-order valence-electron chi connectivity index (χ2n) is 9.40. The first-order valence-corrected chi connectivity index (χ1v) is 12.6. The summed E-state index contributed by atoms with van der Waals surface area (Å²) in [6.45, 7) is 0.899. The minimum atomic E-state index is -1.06. The number of pyridine rings is 1. The number of hydrogen-bond donors (Lipinski definition) is 2. The molecule has 3 aromatic rings. The van der Waals surface area contributed by atoms with Gasteiger partial charge in [-0.05, 0) is 36.1 Å². The lowest BCUT2D eigenvalue weighted by atomic mass is 9.91. The molecule has 2 aliphatic rings. The monoisotopic (exact) mass is 522 g/mol. The summed E-state index contributed by atoms with van der Waals surface area (Å²) in [5, 5.41) is 22.3. The molecule has 196 valence electrons. The Hall–Kier alpha value is -4.97. The Morgan fingerprint density at radius 2 is 1.79 bits per heavy atom. The average Bonchev–Trinajstić information content (AvgIpc) is 3.43. The number of hydrogen-bond acceptors (Lipinski definition) is 7. The first kappa shape index (κ1) is 25.7. The number of likely N-dealkylation sites (tertiary alicyclic amines) is 1. The quantitative estimate of drug-likeness (QED) is 0.365. The number of piperidine rings is 1. The zero-order chi connectivity index (χ0) is 27.5. The van der Waals surface area contributed by atoms with Crippen LogP contribution in [0.25, 0.3) is 16.8 Å². The molecule has 1 atom stereocenters. The number of methoxy groups -OCH3 is 1. The van der Waals surface area contributed by atoms with Gasteiger partial charge in [0.05, 0.1) is 47.8 Å². The number of nitrogens with one attached hydrogen (secondary N) is 1. The van der Waals surface area contributed by atoms with E-state index in [4.69, 9.17) is 4.74 Å². The largest absolute Gasteiger partial charge is 0.495 e. The van der Waals surface area contributed by atoms with Crippen molar-refractivity contribution >= 4 is 28.9 Å². The van der Waals surface area contributed by atoms with Gasteiger partial charge in [-0.15, -0.1) is 0 Å². The number of carbonyl (C=O) groups is 3. The second kappa shape index (κ2) is 10.8. The standard InChI is InChI=1S/C30H26N4O5/c1-39-24-17-33-26(20-8-5-9-21(14-20)30(37)38)27-25(24)23(16-32-27)28(35)29(36)34-12-10-19(11-13-34)22(15-31)18-6-3-2-4-7-18/h2-9,14,17,23,32H,10-13,16H2,1H3,(H,37,38). The summed E-state index contributed by atoms with van der Waals surface area (Å²) < 4.78 is 5.50. The van der Waals surface area contributed by atoms with Crippen LogP contribution in [0.3, 0.4) is 0 Å². The molecule has 0 spiro atoms. The number of carboxylic acid groups (broad SMARTS) is 1. The van der Waals surface area contributed by atoms with Crippen LogP contribution in [0.5, 0.6) is 5.75 Å². The van der Waals surface area contributed by atoms with Gasteiger partial charge in [-0.1, -0.05) is 42.5 Å². The number of nitrogens with zero attached hydrogens (tertiary/aromatic N) is 3. The molecule has 0 aliphatic carbocycles. The number of ether oxygens (including phenoxy) is 1. The van der Waals surface area contributed by atoms with Gasteiger partial charge in [0.2, 0.25) is 5.78 Å². The number of fused-ring (bicyclic) bond motifs is 1. The van der Waals surface area contributed by atoms with Crippen LogP contribution in [0.15, 0.2) is 66.4 Å². The summed E-state index contributed by atoms with van der Waals surface area (Å²) >= 11 is 0. The van der Waals surface area contributed by atoms with Gasteiger partial charge in [0.25, 0.3) is 5.91 Å². The maximum Gasteiger partial charge on any atom is 0.335 e. The molecule has 39 heavy (non-hydrogen) atoms. The van der Waals surface area contributed by atoms with E-state index in [9.17, 15) is 24.8 Å². The van der Waals surface area contributed by atoms with Gasteiger partial charge in [0.1, 0.15) is 5.75 Å². The number of benzene rings is 2. The van der Waals surface area contributed by atoms with E-state index in [0.717, 1.165) is 11.1 Å². The van der Waals surface area contributed by atoms with Crippen molar-refractivity contribution in [3.63, 3.8) is 0 Å². The summed E-state index contributed by atoms with van der Waals surface area (Å²) in [5.41, 5.74) is 4.71. The van der Waals surface area contributed by atoms with Crippen molar-refractivity contribution < 1.29 is 24.2 Å². The van der Waals surface area contributed by atoms with Crippen molar-refractivity contribution in [2.75, 3.05) is 32.1 Å². The van der Waals surface area contributed by atoms with E-state index < -0.39 is 23.6 Å². The number of aromatic nitrogens is 1. The second-order valence-corrected chi connectivity index (χ2v) is 9.40. The fourth-order valence-electron chi connectivity index (χ4n) is 5.23. The molecule has 9 nitrogen and oxygen atoms in total. The van der Waals surface area contributed by atoms with E-state index in [1.54, 1.807) is 17.0 Å². The van der Waals surface area contributed by atoms with E-state index >= 15 is 0 Å². The summed E-state index contributed by atoms with van der Waals surface area (Å²) in [6.07, 6.45) is 2.53. The Bertz CT molecular complexity index is 1530. The molecule has 1 unspecified atom stereocenters. The van der Waals surface area contributed by atoms with Crippen LogP contribution in [0.2, 0.25) is 0 Å². The highest BCUT2D eigenvalue weighted by Crippen LogP contribution is 2.44. The van der Waals surface area contributed by atoms with E-state index in [2.05, 4.69) is 16.4 Å². The molecule has 1 aromatic heterocycles. The van der Waals surface area contributed by atoms with Crippen molar-refractivity contribution in [3.8, 4) is 23.1 Å². The van der Waals surface area contributed by atoms with E-state index in [1.807, 2.05) is 30.3 Å². The van der Waals surface area contributed by atoms with Crippen LogP contribution >= 0.6 is 0 Å². The predicted octanol–water partition coefficient (Wildman–Crippen LogP) is 4.13. The molecule has 0 saturated carbocycles. The number of carbonyl (C=O) groups excluding carboxylic acids is 2. The number of nitriles is 1. The highest BCUT2D eigenvalue weighted by atomic mass is 16.5. The van der Waals surface area contributed by atoms with Crippen molar-refractivity contribution in [3.05, 3.63) is 83.1 Å². The van der Waals surface area contributed by atoms with Crippen LogP contribution in [-0.2, 0) is 9.59 Å². The molecule has 0 bridgehead atoms. The van der Waals surface area contributed by atoms with Crippen molar-refractivity contribution in [2.24, 2.45) is 0 Å². The summed E-state index contributed by atoms with van der Waals surface area (Å²) in [7, 11) is 1.47. The van der Waals surface area contributed by atoms with Crippen LogP contribution in [0, 0.1) is 11.3 Å². The van der Waals surface area contributed by atoms with Gasteiger partial charge in [-0.3, -0.25) is 14.6 Å². The predicted molar refractivity (Wildman–Crippen MR) is 144 cm³/mol. The Balaban J connectivity index is 1.38. The number of allylic oxidation sites excluding steroid dienone is 1. The lowest BCUT2D eigenvalue weighted by molar-refractivity contribution is -0.145. The zero-order valence-electron chi connectivity index (χ0n) is 21.3. The van der Waals surface area contributed by atoms with Crippen LogP contribution < -0.4 is 10.1 Å². The maximum atomic E-state index is 13.5. The van der Waals surface area contributed by atoms with Gasteiger partial charge in [-0.25, -0.2) is 4.79 Å². The summed E-state index contributed by atoms with van der Waals surface area (Å²) in [6, 6.07) is 18.1. The molecule has 9 heteroatoms. The lowest BCUT2D eigenvalue weighted by Gasteiger charge is -2.29. The number of amides is 1. The highest BCUT2D eigenvalue weighted by molar-refractivity contribution is 6.38. The Morgan fingerprint density at radius 1 is 1.08 bits per heavy atom. The smallest absolute Gasteiger partial charge is 0.335 e. The van der Waals surface area contributed by atoms with E-state index in [1.165, 1.54) is 25.4 Å². The van der Waals surface area contributed by atoms with Crippen LogP contribution in [0.1, 0.15) is 40.2 Å². The van der Waals surface area contributed by atoms with Crippen molar-refractivity contribution in [1.82, 2.24) is 9.88 Å². The molecule has 1 saturated heterocycles. The molecule has 5 rings (SSSR count). The summed E-state index contributed by atoms with van der Waals surface area (Å²) in [4.78, 5) is 44.3. The topological polar surface area (TPSA) is 133 Å². The van der Waals surface area contributed by atoms with Crippen molar-refractivity contribution in [1.29, 1.82) is 5.26 Å². The Kier molecular flexibility index (Phi) is 7.10. The third kappa shape index (κ3) is 4.84. The molecular formula is C30H26N4O5. The molecule has 2 aliphatic heterocycles. The first-order chi connectivity index (χ1) is 18.9. The van der Waals surface area contributed by atoms with Crippen LogP contribution in [0.4, 0.5) is 5.69 Å². The number of anilines is 1. The minimum absolute atomic E-state index is 0.116. The average molecular weight is 523 g/mol. The highest BCUT2D eigenvalue weighted by Gasteiger charge is 2.39. The maximum absolute atomic E-state index is 13.5. The lowest BCUT2D eigenvalue weighted by Crippen LogP contribution is -2.42. The van der Waals surface area contributed by atoms with Gasteiger partial charge < -0.3 is 20.1 Å². The molecular weight excluding hydrogens is 496 g/mol. The molecule has 2 aromatic carbocycles. The van der Waals surface area contributed by atoms with Gasteiger partial charge in [0, 0.05) is 30.8 Å². The fourth-order valence-corrected chi connectivity index (χ4v) is 5.23. The van der Waals surface area contributed by atoms with Crippen LogP contribution in [-0.4, -0.2) is 59.4 Å². The van der Waals surface area contributed by atoms with E-state index in [-0.39, 0.29) is 12.1 Å². The SMILES string of the molecule is COc1cnc(-c2cccc(C(=O)O)c2)c2c1C(C(=O)C(=O)N1CCC(=C(C#N)c3ccccc3)CC1)CN2. The third-order valence-electron chi connectivity index (χ3n) is 7.23. The van der Waals surface area contributed by atoms with Gasteiger partial charge in [0.15, 0.2) is 0 Å². The normalized spacial score (nSPS) is 16.1. The van der Waals surface area contributed by atoms with Crippen molar-refractivity contribution in [2.45, 2.75) is 18.8 Å². The zero-order valence-corrected chi connectivity index (χ0v) is 21.3. The number of carboxylic acids is 1. The molecule has 1 fully saturated rings. The first-order valence-electron chi connectivity index (χ1n) is 12.6. The number of ketones is 1. The molecule has 1 amide bonds. The van der Waals surface area contributed by atoms with E-state index in [0.29, 0.717) is 59.8 Å². The number of aromatic carboxylic acids is 1. The molecule has 2 N–H and O–H groups in total. The summed E-state index contributed by atoms with van der Waals surface area (Å²) in [5.74, 6) is -2.57. The minimum Gasteiger partial charge on any atom is -0.495 e. The fraction of sp³-hybridized carbons (Fsp3) is 0.233.